The van der Waals surface area contributed by atoms with E-state index < -0.39 is 0 Å². The monoisotopic (exact) mass is 164 g/mol. The van der Waals surface area contributed by atoms with Crippen molar-refractivity contribution in [2.24, 2.45) is 0 Å². The molecule has 1 aromatic rings. The number of benzene rings is 1. The van der Waals surface area contributed by atoms with E-state index in [0.717, 1.165) is 24.2 Å². The first-order chi connectivity index (χ1) is 5.88. The lowest BCUT2D eigenvalue weighted by molar-refractivity contribution is 0.167. The summed E-state index contributed by atoms with van der Waals surface area (Å²) in [6.07, 6.45) is 1.39. The van der Waals surface area contributed by atoms with E-state index in [1.807, 2.05) is 24.3 Å². The van der Waals surface area contributed by atoms with Crippen LogP contribution in [0.2, 0.25) is 0 Å². The molecule has 0 saturated heterocycles. The smallest absolute Gasteiger partial charge is 0.125 e. The largest absolute Gasteiger partial charge is 0.493 e. The van der Waals surface area contributed by atoms with E-state index in [1.165, 1.54) is 0 Å². The van der Waals surface area contributed by atoms with Crippen molar-refractivity contribution in [3.05, 3.63) is 29.8 Å². The molecule has 1 aliphatic rings. The highest BCUT2D eigenvalue weighted by molar-refractivity contribution is 5.35. The first kappa shape index (κ1) is 7.62. The van der Waals surface area contributed by atoms with Crippen molar-refractivity contribution in [1.29, 1.82) is 0 Å². The van der Waals surface area contributed by atoms with Crippen LogP contribution in [-0.4, -0.2) is 11.7 Å². The second-order valence-electron chi connectivity index (χ2n) is 3.04. The molecule has 2 rings (SSSR count). The highest BCUT2D eigenvalue weighted by Gasteiger charge is 2.15. The van der Waals surface area contributed by atoms with Crippen LogP contribution in [0.1, 0.15) is 24.5 Å². The Bertz CT molecular complexity index is 270. The first-order valence-electron chi connectivity index (χ1n) is 4.28. The van der Waals surface area contributed by atoms with Gasteiger partial charge in [-0.25, -0.2) is 0 Å². The van der Waals surface area contributed by atoms with Gasteiger partial charge in [0, 0.05) is 5.56 Å². The molecule has 64 valence electrons. The third-order valence-corrected chi connectivity index (χ3v) is 2.16. The summed E-state index contributed by atoms with van der Waals surface area (Å²) in [5.74, 6) is 0.836. The maximum absolute atomic E-state index is 9.66. The van der Waals surface area contributed by atoms with Gasteiger partial charge in [0.05, 0.1) is 12.7 Å². The molecule has 0 amide bonds. The van der Waals surface area contributed by atoms with Crippen molar-refractivity contribution in [2.45, 2.75) is 18.9 Å². The molecule has 0 spiro atoms. The molecule has 1 atom stereocenters. The lowest BCUT2D eigenvalue weighted by Crippen LogP contribution is -1.95. The van der Waals surface area contributed by atoms with E-state index in [1.54, 1.807) is 0 Å². The standard InChI is InChI=1S/C10H12O2/c11-9-5-3-7-12-10-6-2-1-4-8(9)10/h1-2,4,6,9,11H,3,5,7H2/t9-/m0/s1. The Kier molecular flexibility index (Phi) is 2.00. The van der Waals surface area contributed by atoms with Crippen LogP contribution in [0.15, 0.2) is 24.3 Å². The summed E-state index contributed by atoms with van der Waals surface area (Å²) < 4.78 is 5.46. The maximum Gasteiger partial charge on any atom is 0.125 e. The van der Waals surface area contributed by atoms with E-state index in [-0.39, 0.29) is 6.10 Å². The fraction of sp³-hybridized carbons (Fsp3) is 0.400. The minimum Gasteiger partial charge on any atom is -0.493 e. The number of hydrogen-bond donors (Lipinski definition) is 1. The molecular weight excluding hydrogens is 152 g/mol. The summed E-state index contributed by atoms with van der Waals surface area (Å²) in [5, 5.41) is 9.66. The number of rotatable bonds is 0. The Morgan fingerprint density at radius 3 is 3.08 bits per heavy atom. The van der Waals surface area contributed by atoms with Crippen molar-refractivity contribution < 1.29 is 9.84 Å². The second kappa shape index (κ2) is 3.15. The third kappa shape index (κ3) is 1.30. The molecule has 12 heavy (non-hydrogen) atoms. The lowest BCUT2D eigenvalue weighted by atomic mass is 10.1. The Labute approximate surface area is 71.8 Å². The highest BCUT2D eigenvalue weighted by atomic mass is 16.5. The average Bonchev–Trinajstić information content (AvgIpc) is 2.29. The van der Waals surface area contributed by atoms with Crippen molar-refractivity contribution >= 4 is 0 Å². The summed E-state index contributed by atoms with van der Waals surface area (Å²) in [4.78, 5) is 0. The molecule has 1 N–H and O–H groups in total. The van der Waals surface area contributed by atoms with Gasteiger partial charge in [0.2, 0.25) is 0 Å². The zero-order valence-electron chi connectivity index (χ0n) is 6.86. The predicted octanol–water partition coefficient (Wildman–Crippen LogP) is 1.89. The molecule has 0 fully saturated rings. The van der Waals surface area contributed by atoms with Gasteiger partial charge in [-0.15, -0.1) is 0 Å². The fourth-order valence-electron chi connectivity index (χ4n) is 1.50. The Morgan fingerprint density at radius 2 is 2.17 bits per heavy atom. The van der Waals surface area contributed by atoms with Gasteiger partial charge in [-0.3, -0.25) is 0 Å². The Morgan fingerprint density at radius 1 is 1.33 bits per heavy atom. The quantitative estimate of drug-likeness (QED) is 0.634. The molecular formula is C10H12O2. The van der Waals surface area contributed by atoms with Crippen LogP contribution in [0, 0.1) is 0 Å². The van der Waals surface area contributed by atoms with Gasteiger partial charge in [0.15, 0.2) is 0 Å². The molecule has 0 radical (unpaired) electrons. The molecule has 1 aromatic carbocycles. The highest BCUT2D eigenvalue weighted by Crippen LogP contribution is 2.30. The maximum atomic E-state index is 9.66. The van der Waals surface area contributed by atoms with Gasteiger partial charge in [0.1, 0.15) is 5.75 Å². The van der Waals surface area contributed by atoms with E-state index in [2.05, 4.69) is 0 Å². The Balaban J connectivity index is 2.39. The molecule has 2 heteroatoms. The molecule has 0 aliphatic carbocycles. The molecule has 0 unspecified atom stereocenters. The fourth-order valence-corrected chi connectivity index (χ4v) is 1.50. The van der Waals surface area contributed by atoms with Crippen LogP contribution >= 0.6 is 0 Å². The average molecular weight is 164 g/mol. The lowest BCUT2D eigenvalue weighted by Gasteiger charge is -2.09. The topological polar surface area (TPSA) is 29.5 Å². The third-order valence-electron chi connectivity index (χ3n) is 2.16. The molecule has 2 nitrogen and oxygen atoms in total. The van der Waals surface area contributed by atoms with E-state index in [9.17, 15) is 5.11 Å². The minimum atomic E-state index is -0.344. The molecule has 0 saturated carbocycles. The molecule has 0 bridgehead atoms. The summed E-state index contributed by atoms with van der Waals surface area (Å²) in [6, 6.07) is 7.68. The van der Waals surface area contributed by atoms with Crippen LogP contribution < -0.4 is 4.74 Å². The SMILES string of the molecule is O[C@H]1CCCOc2ccccc21. The van der Waals surface area contributed by atoms with Crippen LogP contribution in [0.4, 0.5) is 0 Å². The number of hydrogen-bond acceptors (Lipinski definition) is 2. The number of para-hydroxylation sites is 1. The Hall–Kier alpha value is -1.02. The predicted molar refractivity (Wildman–Crippen MR) is 46.1 cm³/mol. The number of aliphatic hydroxyl groups is 1. The summed E-state index contributed by atoms with van der Waals surface area (Å²) in [7, 11) is 0. The molecule has 1 heterocycles. The van der Waals surface area contributed by atoms with Gasteiger partial charge in [0.25, 0.3) is 0 Å². The van der Waals surface area contributed by atoms with Crippen molar-refractivity contribution in [3.63, 3.8) is 0 Å². The minimum absolute atomic E-state index is 0.344. The summed E-state index contributed by atoms with van der Waals surface area (Å²) in [6.45, 7) is 0.716. The van der Waals surface area contributed by atoms with Gasteiger partial charge in [-0.05, 0) is 18.9 Å². The zero-order valence-corrected chi connectivity index (χ0v) is 6.86. The normalized spacial score (nSPS) is 22.2. The van der Waals surface area contributed by atoms with Crippen molar-refractivity contribution in [1.82, 2.24) is 0 Å². The number of ether oxygens (including phenoxy) is 1. The van der Waals surface area contributed by atoms with Crippen molar-refractivity contribution in [3.8, 4) is 5.75 Å². The summed E-state index contributed by atoms with van der Waals surface area (Å²) in [5.41, 5.74) is 0.926. The molecule has 1 aliphatic heterocycles. The van der Waals surface area contributed by atoms with Gasteiger partial charge in [-0.1, -0.05) is 18.2 Å². The number of fused-ring (bicyclic) bond motifs is 1. The zero-order chi connectivity index (χ0) is 8.39. The van der Waals surface area contributed by atoms with E-state index in [0.29, 0.717) is 6.61 Å². The van der Waals surface area contributed by atoms with Crippen LogP contribution in [0.5, 0.6) is 5.75 Å². The molecule has 0 aromatic heterocycles. The second-order valence-corrected chi connectivity index (χ2v) is 3.04. The van der Waals surface area contributed by atoms with E-state index >= 15 is 0 Å². The van der Waals surface area contributed by atoms with Crippen LogP contribution in [0.25, 0.3) is 0 Å². The first-order valence-corrected chi connectivity index (χ1v) is 4.28. The van der Waals surface area contributed by atoms with Gasteiger partial charge < -0.3 is 9.84 Å². The number of aliphatic hydroxyl groups excluding tert-OH is 1. The van der Waals surface area contributed by atoms with Crippen molar-refractivity contribution in [2.75, 3.05) is 6.61 Å². The van der Waals surface area contributed by atoms with Crippen LogP contribution in [-0.2, 0) is 0 Å². The van der Waals surface area contributed by atoms with Gasteiger partial charge in [-0.2, -0.15) is 0 Å². The van der Waals surface area contributed by atoms with Crippen LogP contribution in [0.3, 0.4) is 0 Å². The van der Waals surface area contributed by atoms with E-state index in [4.69, 9.17) is 4.74 Å². The summed E-state index contributed by atoms with van der Waals surface area (Å²) >= 11 is 0. The van der Waals surface area contributed by atoms with Gasteiger partial charge >= 0.3 is 0 Å².